The molecule has 0 bridgehead atoms. The van der Waals surface area contributed by atoms with E-state index in [0.717, 1.165) is 11.1 Å². The van der Waals surface area contributed by atoms with Crippen LogP contribution in [0, 0.1) is 6.92 Å². The number of carbonyl (C=O) groups excluding carboxylic acids is 2. The van der Waals surface area contributed by atoms with Gasteiger partial charge in [-0.3, -0.25) is 9.59 Å². The minimum absolute atomic E-state index is 0.110. The molecule has 0 aliphatic carbocycles. The van der Waals surface area contributed by atoms with Crippen molar-refractivity contribution >= 4 is 17.8 Å². The molecule has 4 rings (SSSR count). The van der Waals surface area contributed by atoms with Gasteiger partial charge in [0.15, 0.2) is 17.3 Å². The van der Waals surface area contributed by atoms with Crippen molar-refractivity contribution in [2.24, 2.45) is 0 Å². The summed E-state index contributed by atoms with van der Waals surface area (Å²) in [4.78, 5) is 26.7. The molecule has 33 heavy (non-hydrogen) atoms. The standard InChI is InChI=1S/C27H24O6/c1-17-4-6-18(7-5-17)14-22(26(28)19-8-11-21(30-2)12-9-19)25(27(29)31-3)20-10-13-23-24(15-20)33-16-32-23/h4-15,25H,16H2,1-3H3/b22-14+. The highest BCUT2D eigenvalue weighted by Crippen LogP contribution is 2.38. The Kier molecular flexibility index (Phi) is 6.45. The molecule has 168 valence electrons. The molecule has 1 atom stereocenters. The Morgan fingerprint density at radius 3 is 2.27 bits per heavy atom. The highest BCUT2D eigenvalue weighted by Gasteiger charge is 2.32. The molecule has 0 aromatic heterocycles. The van der Waals surface area contributed by atoms with Crippen LogP contribution in [-0.2, 0) is 9.53 Å². The van der Waals surface area contributed by atoms with Crippen LogP contribution < -0.4 is 14.2 Å². The zero-order valence-electron chi connectivity index (χ0n) is 18.7. The monoisotopic (exact) mass is 444 g/mol. The number of benzene rings is 3. The van der Waals surface area contributed by atoms with E-state index in [1.807, 2.05) is 31.2 Å². The highest BCUT2D eigenvalue weighted by atomic mass is 16.7. The lowest BCUT2D eigenvalue weighted by molar-refractivity contribution is -0.141. The van der Waals surface area contributed by atoms with Crippen LogP contribution in [0.25, 0.3) is 6.08 Å². The summed E-state index contributed by atoms with van der Waals surface area (Å²) in [5.41, 5.74) is 3.19. The van der Waals surface area contributed by atoms with Gasteiger partial charge in [-0.05, 0) is 60.5 Å². The average Bonchev–Trinajstić information content (AvgIpc) is 3.32. The topological polar surface area (TPSA) is 71.1 Å². The molecule has 6 heteroatoms. The van der Waals surface area contributed by atoms with Crippen molar-refractivity contribution in [3.63, 3.8) is 0 Å². The van der Waals surface area contributed by atoms with Crippen LogP contribution in [0.15, 0.2) is 72.3 Å². The van der Waals surface area contributed by atoms with E-state index in [2.05, 4.69) is 0 Å². The van der Waals surface area contributed by atoms with Crippen molar-refractivity contribution in [3.05, 3.63) is 94.6 Å². The first-order valence-corrected chi connectivity index (χ1v) is 10.4. The maximum absolute atomic E-state index is 13.7. The number of hydrogen-bond donors (Lipinski definition) is 0. The van der Waals surface area contributed by atoms with Crippen LogP contribution in [0.3, 0.4) is 0 Å². The van der Waals surface area contributed by atoms with Gasteiger partial charge in [0.1, 0.15) is 11.7 Å². The molecule has 6 nitrogen and oxygen atoms in total. The molecule has 0 saturated carbocycles. The van der Waals surface area contributed by atoms with Gasteiger partial charge in [-0.2, -0.15) is 0 Å². The number of methoxy groups -OCH3 is 2. The molecular weight excluding hydrogens is 420 g/mol. The molecular formula is C27H24O6. The number of fused-ring (bicyclic) bond motifs is 1. The zero-order chi connectivity index (χ0) is 23.4. The molecule has 0 fully saturated rings. The number of esters is 1. The number of ether oxygens (including phenoxy) is 4. The van der Waals surface area contributed by atoms with E-state index in [-0.39, 0.29) is 18.1 Å². The van der Waals surface area contributed by atoms with Gasteiger partial charge in [-0.1, -0.05) is 35.9 Å². The predicted molar refractivity (Wildman–Crippen MR) is 124 cm³/mol. The predicted octanol–water partition coefficient (Wildman–Crippen LogP) is 4.96. The second-order valence-electron chi connectivity index (χ2n) is 7.64. The Labute approximate surface area is 192 Å². The molecule has 1 unspecified atom stereocenters. The Balaban J connectivity index is 1.85. The quantitative estimate of drug-likeness (QED) is 0.292. The molecule has 1 aliphatic heterocycles. The van der Waals surface area contributed by atoms with E-state index >= 15 is 0 Å². The Morgan fingerprint density at radius 1 is 0.909 bits per heavy atom. The number of ketones is 1. The smallest absolute Gasteiger partial charge is 0.317 e. The van der Waals surface area contributed by atoms with Gasteiger partial charge in [0.05, 0.1) is 14.2 Å². The molecule has 3 aromatic rings. The number of carbonyl (C=O) groups is 2. The summed E-state index contributed by atoms with van der Waals surface area (Å²) in [6.07, 6.45) is 1.73. The van der Waals surface area contributed by atoms with Gasteiger partial charge in [-0.15, -0.1) is 0 Å². The fraction of sp³-hybridized carbons (Fsp3) is 0.185. The minimum Gasteiger partial charge on any atom is -0.497 e. The second kappa shape index (κ2) is 9.61. The molecule has 0 spiro atoms. The Bertz CT molecular complexity index is 1190. The zero-order valence-corrected chi connectivity index (χ0v) is 18.7. The summed E-state index contributed by atoms with van der Waals surface area (Å²) in [7, 11) is 2.87. The van der Waals surface area contributed by atoms with Crippen LogP contribution in [0.1, 0.15) is 33.0 Å². The van der Waals surface area contributed by atoms with Crippen LogP contribution >= 0.6 is 0 Å². The van der Waals surface area contributed by atoms with Crippen LogP contribution in [0.4, 0.5) is 0 Å². The summed E-state index contributed by atoms with van der Waals surface area (Å²) >= 11 is 0. The minimum atomic E-state index is -0.958. The molecule has 0 N–H and O–H groups in total. The third-order valence-electron chi connectivity index (χ3n) is 5.49. The van der Waals surface area contributed by atoms with Crippen molar-refractivity contribution in [2.75, 3.05) is 21.0 Å². The summed E-state index contributed by atoms with van der Waals surface area (Å²) in [6.45, 7) is 2.10. The molecule has 0 radical (unpaired) electrons. The van der Waals surface area contributed by atoms with E-state index in [1.54, 1.807) is 55.7 Å². The summed E-state index contributed by atoms with van der Waals surface area (Å²) in [5.74, 6) is -0.0439. The van der Waals surface area contributed by atoms with Gasteiger partial charge in [0.25, 0.3) is 0 Å². The van der Waals surface area contributed by atoms with Gasteiger partial charge in [-0.25, -0.2) is 0 Å². The largest absolute Gasteiger partial charge is 0.497 e. The third-order valence-corrected chi connectivity index (χ3v) is 5.49. The summed E-state index contributed by atoms with van der Waals surface area (Å²) < 4.78 is 21.2. The number of rotatable bonds is 7. The molecule has 0 saturated heterocycles. The number of aryl methyl sites for hydroxylation is 1. The van der Waals surface area contributed by atoms with Crippen molar-refractivity contribution < 1.29 is 28.5 Å². The van der Waals surface area contributed by atoms with Crippen molar-refractivity contribution in [1.82, 2.24) is 0 Å². The van der Waals surface area contributed by atoms with Crippen molar-refractivity contribution in [1.29, 1.82) is 0 Å². The second-order valence-corrected chi connectivity index (χ2v) is 7.64. The number of hydrogen-bond acceptors (Lipinski definition) is 6. The fourth-order valence-corrected chi connectivity index (χ4v) is 3.68. The van der Waals surface area contributed by atoms with Crippen LogP contribution in [0.2, 0.25) is 0 Å². The molecule has 0 amide bonds. The molecule has 1 aliphatic rings. The third kappa shape index (κ3) is 4.75. The summed E-state index contributed by atoms with van der Waals surface area (Å²) in [6, 6.07) is 19.7. The highest BCUT2D eigenvalue weighted by molar-refractivity contribution is 6.15. The first-order chi connectivity index (χ1) is 16.0. The SMILES string of the molecule is COC(=O)C(/C(=C\c1ccc(C)cc1)C(=O)c1ccc(OC)cc1)c1ccc2c(c1)OCO2. The molecule has 1 heterocycles. The van der Waals surface area contributed by atoms with Crippen molar-refractivity contribution in [3.8, 4) is 17.2 Å². The van der Waals surface area contributed by atoms with E-state index in [9.17, 15) is 9.59 Å². The van der Waals surface area contributed by atoms with Crippen LogP contribution in [0.5, 0.6) is 17.2 Å². The van der Waals surface area contributed by atoms with Gasteiger partial charge in [0, 0.05) is 11.1 Å². The molecule has 3 aromatic carbocycles. The fourth-order valence-electron chi connectivity index (χ4n) is 3.68. The average molecular weight is 444 g/mol. The lowest BCUT2D eigenvalue weighted by Crippen LogP contribution is -2.21. The lowest BCUT2D eigenvalue weighted by Gasteiger charge is -2.19. The van der Waals surface area contributed by atoms with Crippen LogP contribution in [-0.4, -0.2) is 32.8 Å². The maximum atomic E-state index is 13.7. The Hall–Kier alpha value is -4.06. The van der Waals surface area contributed by atoms with E-state index in [0.29, 0.717) is 28.4 Å². The summed E-state index contributed by atoms with van der Waals surface area (Å²) in [5, 5.41) is 0. The van der Waals surface area contributed by atoms with Gasteiger partial charge >= 0.3 is 5.97 Å². The van der Waals surface area contributed by atoms with Crippen molar-refractivity contribution in [2.45, 2.75) is 12.8 Å². The normalized spacial score (nSPS) is 13.4. The van der Waals surface area contributed by atoms with Gasteiger partial charge < -0.3 is 18.9 Å². The van der Waals surface area contributed by atoms with E-state index in [4.69, 9.17) is 18.9 Å². The van der Waals surface area contributed by atoms with Gasteiger partial charge in [0.2, 0.25) is 6.79 Å². The van der Waals surface area contributed by atoms with E-state index < -0.39 is 11.9 Å². The lowest BCUT2D eigenvalue weighted by atomic mass is 9.85. The Morgan fingerprint density at radius 2 is 1.61 bits per heavy atom. The first-order valence-electron chi connectivity index (χ1n) is 10.4. The number of Topliss-reactive ketones (excluding diaryl/α,β-unsaturated/α-hetero) is 1. The van der Waals surface area contributed by atoms with E-state index in [1.165, 1.54) is 7.11 Å². The first kappa shape index (κ1) is 22.1. The maximum Gasteiger partial charge on any atom is 0.317 e.